The quantitative estimate of drug-likeness (QED) is 0.148. The lowest BCUT2D eigenvalue weighted by molar-refractivity contribution is 0.0492. The molecule has 54 heavy (non-hydrogen) atoms. The van der Waals surface area contributed by atoms with Gasteiger partial charge in [0.25, 0.3) is 11.8 Å². The molecule has 0 spiro atoms. The van der Waals surface area contributed by atoms with Gasteiger partial charge < -0.3 is 25.4 Å². The summed E-state index contributed by atoms with van der Waals surface area (Å²) in [5, 5.41) is 17.7. The van der Waals surface area contributed by atoms with Crippen molar-refractivity contribution in [1.29, 1.82) is 0 Å². The number of aliphatic hydroxyl groups is 1. The van der Waals surface area contributed by atoms with Crippen molar-refractivity contribution in [1.82, 2.24) is 20.4 Å². The van der Waals surface area contributed by atoms with Gasteiger partial charge in [0.15, 0.2) is 0 Å². The first-order valence-corrected chi connectivity index (χ1v) is 20.2. The highest BCUT2D eigenvalue weighted by atomic mass is 32.2. The SMILES string of the molecule is COc1ccccc1CN1CCC(N(C)CC(O)C(Cc2ccccc2)NC(=O)c2cc(C(=O)NC(C)c3ccccc3)cc(N(C)S(C)(=O)=O)c2)CC1. The fraction of sp³-hybridized carbons (Fsp3) is 0.381. The van der Waals surface area contributed by atoms with Gasteiger partial charge in [0.2, 0.25) is 10.0 Å². The first kappa shape index (κ1) is 40.4. The Balaban J connectivity index is 1.31. The largest absolute Gasteiger partial charge is 0.496 e. The number of para-hydroxylation sites is 1. The molecule has 3 atom stereocenters. The van der Waals surface area contributed by atoms with Gasteiger partial charge in [0.1, 0.15) is 5.75 Å². The van der Waals surface area contributed by atoms with Crippen molar-refractivity contribution in [2.24, 2.45) is 0 Å². The molecule has 0 aromatic heterocycles. The summed E-state index contributed by atoms with van der Waals surface area (Å²) in [6.07, 6.45) is 2.36. The molecule has 0 radical (unpaired) electrons. The Labute approximate surface area is 320 Å². The molecule has 5 rings (SSSR count). The Morgan fingerprint density at radius 1 is 0.870 bits per heavy atom. The number of nitrogens with zero attached hydrogens (tertiary/aromatic N) is 3. The summed E-state index contributed by atoms with van der Waals surface area (Å²) in [7, 11) is 1.36. The van der Waals surface area contributed by atoms with Gasteiger partial charge >= 0.3 is 0 Å². The zero-order chi connectivity index (χ0) is 38.8. The summed E-state index contributed by atoms with van der Waals surface area (Å²) in [6.45, 7) is 4.81. The van der Waals surface area contributed by atoms with Crippen molar-refractivity contribution >= 4 is 27.5 Å². The topological polar surface area (TPSA) is 132 Å². The first-order valence-electron chi connectivity index (χ1n) is 18.3. The van der Waals surface area contributed by atoms with Gasteiger partial charge in [0.05, 0.1) is 37.2 Å². The van der Waals surface area contributed by atoms with Crippen LogP contribution >= 0.6 is 0 Å². The van der Waals surface area contributed by atoms with E-state index in [2.05, 4.69) is 26.5 Å². The number of rotatable bonds is 16. The number of carbonyl (C=O) groups is 2. The highest BCUT2D eigenvalue weighted by molar-refractivity contribution is 7.92. The molecular formula is C42H53N5O6S. The third-order valence-corrected chi connectivity index (χ3v) is 11.5. The summed E-state index contributed by atoms with van der Waals surface area (Å²) < 4.78 is 31.7. The molecule has 0 saturated carbocycles. The summed E-state index contributed by atoms with van der Waals surface area (Å²) in [6, 6.07) is 30.8. The molecule has 0 bridgehead atoms. The molecule has 1 saturated heterocycles. The monoisotopic (exact) mass is 755 g/mol. The predicted octanol–water partition coefficient (Wildman–Crippen LogP) is 4.88. The van der Waals surface area contributed by atoms with Gasteiger partial charge in [-0.15, -0.1) is 0 Å². The van der Waals surface area contributed by atoms with Gasteiger partial charge in [-0.3, -0.25) is 18.8 Å². The van der Waals surface area contributed by atoms with Crippen LogP contribution in [0.2, 0.25) is 0 Å². The lowest BCUT2D eigenvalue weighted by Crippen LogP contribution is -2.52. The second-order valence-corrected chi connectivity index (χ2v) is 16.2. The maximum atomic E-state index is 14.1. The van der Waals surface area contributed by atoms with Crippen LogP contribution in [0, 0.1) is 0 Å². The average molecular weight is 756 g/mol. The number of likely N-dealkylation sites (N-methyl/N-ethyl adjacent to an activating group) is 1. The zero-order valence-electron chi connectivity index (χ0n) is 31.8. The molecule has 4 aromatic carbocycles. The number of aliphatic hydroxyl groups excluding tert-OH is 1. The van der Waals surface area contributed by atoms with E-state index in [1.165, 1.54) is 25.2 Å². The third kappa shape index (κ3) is 10.9. The summed E-state index contributed by atoms with van der Waals surface area (Å²) in [5.41, 5.74) is 3.39. The lowest BCUT2D eigenvalue weighted by Gasteiger charge is -2.38. The van der Waals surface area contributed by atoms with Crippen molar-refractivity contribution in [2.75, 3.05) is 51.4 Å². The van der Waals surface area contributed by atoms with Crippen molar-refractivity contribution in [2.45, 2.75) is 57.0 Å². The van der Waals surface area contributed by atoms with E-state index in [0.717, 1.165) is 65.5 Å². The maximum Gasteiger partial charge on any atom is 0.251 e. The van der Waals surface area contributed by atoms with Gasteiger partial charge in [-0.1, -0.05) is 78.9 Å². The van der Waals surface area contributed by atoms with Crippen LogP contribution in [0.4, 0.5) is 5.69 Å². The third-order valence-electron chi connectivity index (χ3n) is 10.3. The molecule has 288 valence electrons. The molecule has 3 N–H and O–H groups in total. The van der Waals surface area contributed by atoms with E-state index in [9.17, 15) is 23.1 Å². The summed E-state index contributed by atoms with van der Waals surface area (Å²) in [5.74, 6) is -0.102. The lowest BCUT2D eigenvalue weighted by atomic mass is 9.98. The molecule has 1 heterocycles. The number of methoxy groups -OCH3 is 1. The number of nitrogens with one attached hydrogen (secondary N) is 2. The Bertz CT molecular complexity index is 1950. The Morgan fingerprint density at radius 2 is 1.44 bits per heavy atom. The van der Waals surface area contributed by atoms with E-state index in [-0.39, 0.29) is 28.9 Å². The van der Waals surface area contributed by atoms with Crippen LogP contribution in [0.5, 0.6) is 5.75 Å². The van der Waals surface area contributed by atoms with E-state index < -0.39 is 34.0 Å². The number of piperidine rings is 1. The van der Waals surface area contributed by atoms with E-state index >= 15 is 0 Å². The van der Waals surface area contributed by atoms with Crippen LogP contribution in [-0.4, -0.2) is 100 Å². The first-order chi connectivity index (χ1) is 25.8. The highest BCUT2D eigenvalue weighted by Crippen LogP contribution is 2.25. The van der Waals surface area contributed by atoms with Crippen molar-refractivity contribution in [3.05, 3.63) is 131 Å². The highest BCUT2D eigenvalue weighted by Gasteiger charge is 2.29. The molecule has 4 aromatic rings. The minimum atomic E-state index is -3.72. The van der Waals surface area contributed by atoms with E-state index in [1.54, 1.807) is 7.11 Å². The van der Waals surface area contributed by atoms with E-state index in [0.29, 0.717) is 13.0 Å². The van der Waals surface area contributed by atoms with Gasteiger partial charge in [0, 0.05) is 42.9 Å². The number of hydrogen-bond donors (Lipinski definition) is 3. The number of amides is 2. The predicted molar refractivity (Wildman–Crippen MR) is 213 cm³/mol. The number of benzene rings is 4. The summed E-state index contributed by atoms with van der Waals surface area (Å²) in [4.78, 5) is 32.2. The fourth-order valence-corrected chi connectivity index (χ4v) is 7.41. The minimum absolute atomic E-state index is 0.0987. The maximum absolute atomic E-state index is 14.1. The smallest absolute Gasteiger partial charge is 0.251 e. The van der Waals surface area contributed by atoms with Crippen LogP contribution in [0.25, 0.3) is 0 Å². The van der Waals surface area contributed by atoms with Gasteiger partial charge in [-0.25, -0.2) is 8.42 Å². The Kier molecular flexibility index (Phi) is 13.9. The van der Waals surface area contributed by atoms with Crippen molar-refractivity contribution in [3.63, 3.8) is 0 Å². The van der Waals surface area contributed by atoms with Crippen molar-refractivity contribution < 1.29 is 27.9 Å². The second kappa shape index (κ2) is 18.5. The number of sulfonamides is 1. The van der Waals surface area contributed by atoms with Crippen molar-refractivity contribution in [3.8, 4) is 5.75 Å². The van der Waals surface area contributed by atoms with E-state index in [4.69, 9.17) is 4.74 Å². The van der Waals surface area contributed by atoms with Crippen LogP contribution in [0.1, 0.15) is 63.2 Å². The van der Waals surface area contributed by atoms with Crippen LogP contribution in [0.15, 0.2) is 103 Å². The normalized spacial score (nSPS) is 15.6. The fourth-order valence-electron chi connectivity index (χ4n) is 6.92. The number of carbonyl (C=O) groups excluding carboxylic acids is 2. The molecule has 12 heteroatoms. The van der Waals surface area contributed by atoms with Crippen LogP contribution in [-0.2, 0) is 23.0 Å². The molecule has 1 aliphatic heterocycles. The molecule has 2 amide bonds. The minimum Gasteiger partial charge on any atom is -0.496 e. The van der Waals surface area contributed by atoms with Crippen LogP contribution < -0.4 is 19.7 Å². The summed E-state index contributed by atoms with van der Waals surface area (Å²) >= 11 is 0. The number of anilines is 1. The number of likely N-dealkylation sites (tertiary alicyclic amines) is 1. The second-order valence-electron chi connectivity index (χ2n) is 14.2. The Hall–Kier alpha value is -4.75. The standard InChI is InChI=1S/C42H53N5O6S/c1-30(32-16-10-7-11-17-32)43-41(49)34-25-35(27-37(26-34)46(3)54(5,51)52)42(50)44-38(24-31-14-8-6-9-15-31)39(48)29-45(2)36-20-22-47(23-21-36)28-33-18-12-13-19-40(33)53-4/h6-19,25-27,30,36,38-39,48H,20-24,28-29H2,1-5H3,(H,43,49)(H,44,50). The number of hydrogen-bond acceptors (Lipinski definition) is 8. The number of ether oxygens (including phenoxy) is 1. The molecular weight excluding hydrogens is 703 g/mol. The van der Waals surface area contributed by atoms with Gasteiger partial charge in [-0.2, -0.15) is 0 Å². The molecule has 1 fully saturated rings. The average Bonchev–Trinajstić information content (AvgIpc) is 3.17. The van der Waals surface area contributed by atoms with Crippen LogP contribution in [0.3, 0.4) is 0 Å². The molecule has 1 aliphatic rings. The van der Waals surface area contributed by atoms with Gasteiger partial charge in [-0.05, 0) is 81.7 Å². The molecule has 11 nitrogen and oxygen atoms in total. The Morgan fingerprint density at radius 3 is 2.06 bits per heavy atom. The van der Waals surface area contributed by atoms with E-state index in [1.807, 2.05) is 92.8 Å². The zero-order valence-corrected chi connectivity index (χ0v) is 32.6. The molecule has 3 unspecified atom stereocenters. The molecule has 0 aliphatic carbocycles.